The summed E-state index contributed by atoms with van der Waals surface area (Å²) >= 11 is 0. The molecule has 3 rings (SSSR count). The topological polar surface area (TPSA) is 77.8 Å². The normalized spacial score (nSPS) is 10.8. The molecule has 5 nitrogen and oxygen atoms in total. The van der Waals surface area contributed by atoms with E-state index in [1.807, 2.05) is 6.07 Å². The van der Waals surface area contributed by atoms with Crippen LogP contribution in [0.25, 0.3) is 0 Å². The van der Waals surface area contributed by atoms with Crippen LogP contribution in [-0.2, 0) is 6.18 Å². The zero-order chi connectivity index (χ0) is 20.1. The van der Waals surface area contributed by atoms with E-state index < -0.39 is 17.6 Å². The van der Waals surface area contributed by atoms with E-state index in [4.69, 9.17) is 5.26 Å². The van der Waals surface area contributed by atoms with Crippen LogP contribution in [0, 0.1) is 11.3 Å². The summed E-state index contributed by atoms with van der Waals surface area (Å²) in [6.45, 7) is 0. The maximum atomic E-state index is 12.6. The molecule has 3 aromatic rings. The monoisotopic (exact) mass is 382 g/mol. The van der Waals surface area contributed by atoms with Crippen LogP contribution in [0.4, 0.5) is 30.4 Å². The number of nitrogens with zero attached hydrogens (tertiary/aromatic N) is 2. The van der Waals surface area contributed by atoms with Gasteiger partial charge in [0.25, 0.3) is 5.91 Å². The zero-order valence-electron chi connectivity index (χ0n) is 14.3. The van der Waals surface area contributed by atoms with Crippen LogP contribution >= 0.6 is 0 Å². The van der Waals surface area contributed by atoms with Crippen molar-refractivity contribution in [3.05, 3.63) is 83.6 Å². The Morgan fingerprint density at radius 2 is 1.61 bits per heavy atom. The fraction of sp³-hybridized carbons (Fsp3) is 0.0500. The lowest BCUT2D eigenvalue weighted by Gasteiger charge is -2.10. The number of carbonyl (C=O) groups excluding carboxylic acids is 1. The van der Waals surface area contributed by atoms with Gasteiger partial charge < -0.3 is 10.6 Å². The number of hydrogen-bond acceptors (Lipinski definition) is 4. The molecule has 1 heterocycles. The molecule has 0 saturated heterocycles. The molecule has 0 atom stereocenters. The van der Waals surface area contributed by atoms with Gasteiger partial charge in [-0.05, 0) is 60.7 Å². The first-order valence-corrected chi connectivity index (χ1v) is 8.07. The Morgan fingerprint density at radius 3 is 2.21 bits per heavy atom. The van der Waals surface area contributed by atoms with Gasteiger partial charge in [-0.2, -0.15) is 18.4 Å². The Kier molecular flexibility index (Phi) is 5.27. The number of anilines is 3. The lowest BCUT2D eigenvalue weighted by atomic mass is 10.2. The maximum absolute atomic E-state index is 12.6. The van der Waals surface area contributed by atoms with E-state index in [-0.39, 0.29) is 11.3 Å². The third kappa shape index (κ3) is 4.65. The quantitative estimate of drug-likeness (QED) is 0.668. The summed E-state index contributed by atoms with van der Waals surface area (Å²) in [7, 11) is 0. The third-order valence-electron chi connectivity index (χ3n) is 3.78. The van der Waals surface area contributed by atoms with E-state index in [0.717, 1.165) is 12.1 Å². The van der Waals surface area contributed by atoms with Crippen molar-refractivity contribution in [2.24, 2.45) is 0 Å². The molecule has 0 radical (unpaired) electrons. The minimum absolute atomic E-state index is 0.247. The Hall–Kier alpha value is -3.86. The number of benzene rings is 2. The second kappa shape index (κ2) is 7.80. The number of alkyl halides is 3. The molecule has 0 aliphatic carbocycles. The van der Waals surface area contributed by atoms with Gasteiger partial charge in [-0.15, -0.1) is 0 Å². The Morgan fingerprint density at radius 1 is 0.964 bits per heavy atom. The van der Waals surface area contributed by atoms with E-state index in [1.165, 1.54) is 30.5 Å². The number of halogens is 3. The van der Waals surface area contributed by atoms with Crippen LogP contribution < -0.4 is 10.6 Å². The van der Waals surface area contributed by atoms with Gasteiger partial charge in [0.1, 0.15) is 5.82 Å². The molecule has 2 N–H and O–H groups in total. The highest BCUT2D eigenvalue weighted by Gasteiger charge is 2.30. The number of hydrogen-bond donors (Lipinski definition) is 2. The van der Waals surface area contributed by atoms with E-state index >= 15 is 0 Å². The average Bonchev–Trinajstić information content (AvgIpc) is 2.68. The van der Waals surface area contributed by atoms with E-state index in [2.05, 4.69) is 15.6 Å². The molecule has 140 valence electrons. The van der Waals surface area contributed by atoms with Crippen molar-refractivity contribution in [1.29, 1.82) is 5.26 Å². The van der Waals surface area contributed by atoms with Crippen molar-refractivity contribution >= 4 is 23.1 Å². The Balaban J connectivity index is 1.70. The average molecular weight is 382 g/mol. The van der Waals surface area contributed by atoms with E-state index in [0.29, 0.717) is 17.1 Å². The second-order valence-corrected chi connectivity index (χ2v) is 5.77. The summed E-state index contributed by atoms with van der Waals surface area (Å²) in [6, 6.07) is 15.9. The van der Waals surface area contributed by atoms with Gasteiger partial charge in [0.2, 0.25) is 0 Å². The lowest BCUT2D eigenvalue weighted by molar-refractivity contribution is -0.137. The molecule has 28 heavy (non-hydrogen) atoms. The molecule has 1 aromatic heterocycles. The SMILES string of the molecule is N#Cc1ccc(Nc2cc(C(=O)Nc3ccc(C(F)(F)F)cc3)ccn2)cc1. The molecule has 0 aliphatic heterocycles. The van der Waals surface area contributed by atoms with Gasteiger partial charge in [-0.25, -0.2) is 4.98 Å². The minimum Gasteiger partial charge on any atom is -0.340 e. The summed E-state index contributed by atoms with van der Waals surface area (Å²) < 4.78 is 37.8. The first-order valence-electron chi connectivity index (χ1n) is 8.07. The molecule has 0 saturated carbocycles. The van der Waals surface area contributed by atoms with Crippen LogP contribution in [0.1, 0.15) is 21.5 Å². The highest BCUT2D eigenvalue weighted by atomic mass is 19.4. The van der Waals surface area contributed by atoms with Gasteiger partial charge in [0, 0.05) is 23.1 Å². The summed E-state index contributed by atoms with van der Waals surface area (Å²) in [4.78, 5) is 16.5. The second-order valence-electron chi connectivity index (χ2n) is 5.77. The predicted molar refractivity (Wildman–Crippen MR) is 98.1 cm³/mol. The van der Waals surface area contributed by atoms with Crippen LogP contribution in [-0.4, -0.2) is 10.9 Å². The molecule has 0 unspecified atom stereocenters. The van der Waals surface area contributed by atoms with Crippen molar-refractivity contribution in [1.82, 2.24) is 4.98 Å². The zero-order valence-corrected chi connectivity index (χ0v) is 14.3. The predicted octanol–water partition coefficient (Wildman–Crippen LogP) is 4.97. The number of nitrogens with one attached hydrogen (secondary N) is 2. The molecule has 0 aliphatic rings. The number of aromatic nitrogens is 1. The molecule has 0 spiro atoms. The van der Waals surface area contributed by atoms with Crippen LogP contribution in [0.3, 0.4) is 0 Å². The van der Waals surface area contributed by atoms with Gasteiger partial charge in [0.15, 0.2) is 0 Å². The molecule has 0 fully saturated rings. The number of nitriles is 1. The van der Waals surface area contributed by atoms with Gasteiger partial charge >= 0.3 is 6.18 Å². The fourth-order valence-electron chi connectivity index (χ4n) is 2.36. The molecule has 2 aromatic carbocycles. The number of rotatable bonds is 4. The molecule has 1 amide bonds. The number of carbonyl (C=O) groups is 1. The summed E-state index contributed by atoms with van der Waals surface area (Å²) in [5, 5.41) is 14.4. The van der Waals surface area contributed by atoms with Gasteiger partial charge in [-0.1, -0.05) is 0 Å². The number of amides is 1. The standard InChI is InChI=1S/C20H13F3N4O/c21-20(22,23)15-3-7-17(8-4-15)27-19(28)14-9-10-25-18(11-14)26-16-5-1-13(12-24)2-6-16/h1-11H,(H,25,26)(H,27,28). The van der Waals surface area contributed by atoms with Crippen LogP contribution in [0.2, 0.25) is 0 Å². The molecular formula is C20H13F3N4O. The van der Waals surface area contributed by atoms with Gasteiger partial charge in [-0.3, -0.25) is 4.79 Å². The summed E-state index contributed by atoms with van der Waals surface area (Å²) in [5.41, 5.74) is 0.945. The van der Waals surface area contributed by atoms with Crippen molar-refractivity contribution in [2.75, 3.05) is 10.6 Å². The fourth-order valence-corrected chi connectivity index (χ4v) is 2.36. The van der Waals surface area contributed by atoms with Crippen LogP contribution in [0.5, 0.6) is 0 Å². The summed E-state index contributed by atoms with van der Waals surface area (Å²) in [5.74, 6) is -0.0742. The van der Waals surface area contributed by atoms with Crippen molar-refractivity contribution in [3.8, 4) is 6.07 Å². The first-order chi connectivity index (χ1) is 13.3. The van der Waals surface area contributed by atoms with Crippen molar-refractivity contribution in [2.45, 2.75) is 6.18 Å². The van der Waals surface area contributed by atoms with E-state index in [9.17, 15) is 18.0 Å². The van der Waals surface area contributed by atoms with Gasteiger partial charge in [0.05, 0.1) is 17.2 Å². The molecule has 8 heteroatoms. The Labute approximate surface area is 158 Å². The van der Waals surface area contributed by atoms with E-state index in [1.54, 1.807) is 24.3 Å². The Bertz CT molecular complexity index is 1020. The van der Waals surface area contributed by atoms with Crippen LogP contribution in [0.15, 0.2) is 66.9 Å². The third-order valence-corrected chi connectivity index (χ3v) is 3.78. The maximum Gasteiger partial charge on any atom is 0.416 e. The highest BCUT2D eigenvalue weighted by molar-refractivity contribution is 6.04. The smallest absolute Gasteiger partial charge is 0.340 e. The highest BCUT2D eigenvalue weighted by Crippen LogP contribution is 2.30. The van der Waals surface area contributed by atoms with Crippen molar-refractivity contribution in [3.63, 3.8) is 0 Å². The van der Waals surface area contributed by atoms with Crippen molar-refractivity contribution < 1.29 is 18.0 Å². The molecule has 0 bridgehead atoms. The summed E-state index contributed by atoms with van der Waals surface area (Å²) in [6.07, 6.45) is -2.99. The largest absolute Gasteiger partial charge is 0.416 e. The lowest BCUT2D eigenvalue weighted by Crippen LogP contribution is -2.13. The minimum atomic E-state index is -4.43. The number of pyridine rings is 1. The first kappa shape index (κ1) is 18.9. The molecular weight excluding hydrogens is 369 g/mol.